The molecule has 1 aromatic rings. The van der Waals surface area contributed by atoms with Gasteiger partial charge in [-0.25, -0.2) is 0 Å². The smallest absolute Gasteiger partial charge is 0.0794 e. The van der Waals surface area contributed by atoms with E-state index in [4.69, 9.17) is 4.74 Å². The number of hydrogen-bond donors (Lipinski definition) is 1. The van der Waals surface area contributed by atoms with Crippen molar-refractivity contribution in [2.24, 2.45) is 0 Å². The molecule has 2 heteroatoms. The van der Waals surface area contributed by atoms with E-state index in [2.05, 4.69) is 6.58 Å². The van der Waals surface area contributed by atoms with Crippen molar-refractivity contribution in [2.75, 3.05) is 0 Å². The van der Waals surface area contributed by atoms with Gasteiger partial charge >= 0.3 is 0 Å². The van der Waals surface area contributed by atoms with Crippen LogP contribution in [0, 0.1) is 0 Å². The van der Waals surface area contributed by atoms with E-state index in [-0.39, 0.29) is 12.2 Å². The van der Waals surface area contributed by atoms with Crippen molar-refractivity contribution in [2.45, 2.75) is 37.6 Å². The van der Waals surface area contributed by atoms with E-state index in [1.54, 1.807) is 6.08 Å². The number of ether oxygens (including phenoxy) is 1. The molecule has 0 bridgehead atoms. The summed E-state index contributed by atoms with van der Waals surface area (Å²) in [5, 5.41) is 10.2. The van der Waals surface area contributed by atoms with E-state index >= 15 is 0 Å². The Balaban J connectivity index is 2.04. The minimum absolute atomic E-state index is 0.0584. The Labute approximate surface area is 109 Å². The van der Waals surface area contributed by atoms with Crippen LogP contribution in [0.5, 0.6) is 0 Å². The maximum atomic E-state index is 10.2. The Bertz CT molecular complexity index is 420. The highest BCUT2D eigenvalue weighted by atomic mass is 16.5. The molecule has 1 N–H and O–H groups in total. The first-order chi connectivity index (χ1) is 8.59. The normalized spacial score (nSPS) is 32.6. The molecule has 96 valence electrons. The summed E-state index contributed by atoms with van der Waals surface area (Å²) in [6.45, 7) is 5.60. The van der Waals surface area contributed by atoms with Gasteiger partial charge in [0.05, 0.1) is 17.8 Å². The first-order valence-corrected chi connectivity index (χ1v) is 6.33. The van der Waals surface area contributed by atoms with Gasteiger partial charge in [0.2, 0.25) is 0 Å². The molecule has 0 saturated carbocycles. The lowest BCUT2D eigenvalue weighted by molar-refractivity contribution is -0.103. The van der Waals surface area contributed by atoms with Gasteiger partial charge in [0.25, 0.3) is 0 Å². The summed E-state index contributed by atoms with van der Waals surface area (Å²) in [4.78, 5) is 0. The molecule has 3 atom stereocenters. The molecule has 0 spiro atoms. The van der Waals surface area contributed by atoms with Crippen molar-refractivity contribution in [1.82, 2.24) is 0 Å². The topological polar surface area (TPSA) is 29.5 Å². The summed E-state index contributed by atoms with van der Waals surface area (Å²) in [5.41, 5.74) is 0.462. The summed E-state index contributed by atoms with van der Waals surface area (Å²) in [6, 6.07) is 10.1. The van der Waals surface area contributed by atoms with Crippen LogP contribution in [0.15, 0.2) is 49.1 Å². The van der Waals surface area contributed by atoms with Crippen molar-refractivity contribution >= 4 is 6.08 Å². The molecular weight excluding hydrogens is 224 g/mol. The minimum Gasteiger partial charge on any atom is -0.390 e. The van der Waals surface area contributed by atoms with Crippen LogP contribution in [0.4, 0.5) is 0 Å². The number of aliphatic hydroxyl groups is 1. The van der Waals surface area contributed by atoms with Gasteiger partial charge in [-0.1, -0.05) is 48.6 Å². The van der Waals surface area contributed by atoms with E-state index in [0.717, 1.165) is 5.56 Å². The summed E-state index contributed by atoms with van der Waals surface area (Å²) in [5.74, 6) is 0. The summed E-state index contributed by atoms with van der Waals surface area (Å²) < 4.78 is 5.83. The lowest BCUT2D eigenvalue weighted by Gasteiger charge is -2.37. The first-order valence-electron chi connectivity index (χ1n) is 6.33. The third kappa shape index (κ3) is 3.56. The number of hydrogen-bond acceptors (Lipinski definition) is 2. The second-order valence-corrected chi connectivity index (χ2v) is 5.12. The molecule has 1 aliphatic heterocycles. The van der Waals surface area contributed by atoms with Gasteiger partial charge < -0.3 is 9.84 Å². The van der Waals surface area contributed by atoms with Crippen LogP contribution < -0.4 is 0 Å². The molecule has 0 aliphatic carbocycles. The standard InChI is InChI=1S/C16H20O2/c1-3-14-11-16(2,17)12-15(18-14)10-9-13-7-5-4-6-8-13/h3-10,14-15,17H,1,11-12H2,2H3/b10-9+/t14-,15+,16+/m0/s1. The van der Waals surface area contributed by atoms with E-state index in [1.807, 2.05) is 49.4 Å². The zero-order valence-electron chi connectivity index (χ0n) is 10.8. The van der Waals surface area contributed by atoms with Gasteiger partial charge in [-0.2, -0.15) is 0 Å². The molecule has 1 heterocycles. The van der Waals surface area contributed by atoms with Crippen molar-refractivity contribution in [1.29, 1.82) is 0 Å². The van der Waals surface area contributed by atoms with Crippen molar-refractivity contribution < 1.29 is 9.84 Å². The van der Waals surface area contributed by atoms with E-state index in [9.17, 15) is 5.11 Å². The highest BCUT2D eigenvalue weighted by molar-refractivity contribution is 5.49. The fourth-order valence-electron chi connectivity index (χ4n) is 2.31. The molecule has 0 unspecified atom stereocenters. The Hall–Kier alpha value is -1.38. The highest BCUT2D eigenvalue weighted by Crippen LogP contribution is 2.29. The van der Waals surface area contributed by atoms with Gasteiger partial charge in [0, 0.05) is 12.8 Å². The van der Waals surface area contributed by atoms with Gasteiger partial charge in [-0.15, -0.1) is 6.58 Å². The third-order valence-corrected chi connectivity index (χ3v) is 3.20. The maximum Gasteiger partial charge on any atom is 0.0794 e. The number of benzene rings is 1. The zero-order chi connectivity index (χ0) is 13.0. The third-order valence-electron chi connectivity index (χ3n) is 3.20. The SMILES string of the molecule is C=C[C@H]1C[C@@](C)(O)C[C@@H](/C=C/c2ccccc2)O1. The van der Waals surface area contributed by atoms with E-state index in [1.165, 1.54) is 0 Å². The van der Waals surface area contributed by atoms with Crippen molar-refractivity contribution in [3.8, 4) is 0 Å². The Kier molecular flexibility index (Phi) is 4.00. The van der Waals surface area contributed by atoms with Gasteiger partial charge in [0.15, 0.2) is 0 Å². The second kappa shape index (κ2) is 5.51. The highest BCUT2D eigenvalue weighted by Gasteiger charge is 2.33. The fraction of sp³-hybridized carbons (Fsp3) is 0.375. The predicted octanol–water partition coefficient (Wildman–Crippen LogP) is 3.18. The summed E-state index contributed by atoms with van der Waals surface area (Å²) in [6.07, 6.45) is 6.92. The molecule has 0 radical (unpaired) electrons. The Morgan fingerprint density at radius 1 is 1.28 bits per heavy atom. The molecule has 1 aromatic carbocycles. The Morgan fingerprint density at radius 3 is 2.61 bits per heavy atom. The van der Waals surface area contributed by atoms with Gasteiger partial charge in [0.1, 0.15) is 0 Å². The van der Waals surface area contributed by atoms with Crippen molar-refractivity contribution in [3.05, 3.63) is 54.6 Å². The van der Waals surface area contributed by atoms with Crippen LogP contribution in [-0.2, 0) is 4.74 Å². The molecule has 1 saturated heterocycles. The molecule has 18 heavy (non-hydrogen) atoms. The molecule has 2 nitrogen and oxygen atoms in total. The molecule has 0 amide bonds. The number of rotatable bonds is 3. The predicted molar refractivity (Wildman–Crippen MR) is 74.2 cm³/mol. The first kappa shape index (κ1) is 13.1. The molecular formula is C16H20O2. The van der Waals surface area contributed by atoms with Crippen LogP contribution >= 0.6 is 0 Å². The zero-order valence-corrected chi connectivity index (χ0v) is 10.8. The van der Waals surface area contributed by atoms with E-state index < -0.39 is 5.60 Å². The second-order valence-electron chi connectivity index (χ2n) is 5.12. The van der Waals surface area contributed by atoms with Gasteiger partial charge in [-0.3, -0.25) is 0 Å². The lowest BCUT2D eigenvalue weighted by Crippen LogP contribution is -2.41. The average molecular weight is 244 g/mol. The van der Waals surface area contributed by atoms with E-state index in [0.29, 0.717) is 12.8 Å². The van der Waals surface area contributed by atoms with Gasteiger partial charge in [-0.05, 0) is 12.5 Å². The minimum atomic E-state index is -0.678. The quantitative estimate of drug-likeness (QED) is 0.827. The molecule has 0 aromatic heterocycles. The van der Waals surface area contributed by atoms with Crippen LogP contribution in [0.3, 0.4) is 0 Å². The molecule has 1 aliphatic rings. The maximum absolute atomic E-state index is 10.2. The van der Waals surface area contributed by atoms with Crippen LogP contribution in [0.25, 0.3) is 6.08 Å². The lowest BCUT2D eigenvalue weighted by atomic mass is 9.88. The monoisotopic (exact) mass is 244 g/mol. The Morgan fingerprint density at radius 2 is 1.94 bits per heavy atom. The summed E-state index contributed by atoms with van der Waals surface area (Å²) >= 11 is 0. The fourth-order valence-corrected chi connectivity index (χ4v) is 2.31. The van der Waals surface area contributed by atoms with Crippen LogP contribution in [0.1, 0.15) is 25.3 Å². The molecule has 2 rings (SSSR count). The van der Waals surface area contributed by atoms with Crippen LogP contribution in [-0.4, -0.2) is 22.9 Å². The van der Waals surface area contributed by atoms with Crippen molar-refractivity contribution in [3.63, 3.8) is 0 Å². The molecule has 1 fully saturated rings. The van der Waals surface area contributed by atoms with Crippen LogP contribution in [0.2, 0.25) is 0 Å². The largest absolute Gasteiger partial charge is 0.390 e. The average Bonchev–Trinajstić information content (AvgIpc) is 2.36. The summed E-state index contributed by atoms with van der Waals surface area (Å²) in [7, 11) is 0.